The van der Waals surface area contributed by atoms with Crippen molar-refractivity contribution in [2.24, 2.45) is 0 Å². The average molecular weight is 823 g/mol. The van der Waals surface area contributed by atoms with E-state index in [-0.39, 0.29) is 35.9 Å². The van der Waals surface area contributed by atoms with Crippen LogP contribution < -0.4 is 26.2 Å². The van der Waals surface area contributed by atoms with E-state index in [4.69, 9.17) is 15.6 Å². The molecule has 2 aliphatic heterocycles. The van der Waals surface area contributed by atoms with Crippen LogP contribution in [0.25, 0.3) is 21.8 Å². The second kappa shape index (κ2) is 20.5. The molecule has 6 heterocycles. The van der Waals surface area contributed by atoms with Crippen molar-refractivity contribution in [1.82, 2.24) is 40.1 Å². The largest absolute Gasteiger partial charge is 0.481 e. The van der Waals surface area contributed by atoms with Crippen LogP contribution in [0.5, 0.6) is 0 Å². The number of H-pyrrole nitrogens is 2. The maximum atomic E-state index is 12.7. The summed E-state index contributed by atoms with van der Waals surface area (Å²) in [7, 11) is 0. The van der Waals surface area contributed by atoms with Crippen molar-refractivity contribution < 1.29 is 14.7 Å². The van der Waals surface area contributed by atoms with Crippen molar-refractivity contribution in [1.29, 1.82) is 10.5 Å². The predicted octanol–water partition coefficient (Wildman–Crippen LogP) is 3.55. The Bertz CT molecular complexity index is 2670. The first-order valence-corrected chi connectivity index (χ1v) is 19.9. The number of nitrogens with zero attached hydrogens (tertiary/aromatic N) is 9. The highest BCUT2D eigenvalue weighted by molar-refractivity contribution is 5.79. The van der Waals surface area contributed by atoms with Gasteiger partial charge in [-0.15, -0.1) is 0 Å². The zero-order valence-corrected chi connectivity index (χ0v) is 33.9. The Hall–Kier alpha value is -7.50. The van der Waals surface area contributed by atoms with Crippen molar-refractivity contribution in [3.8, 4) is 12.1 Å². The van der Waals surface area contributed by atoms with Gasteiger partial charge in [-0.25, -0.2) is 19.9 Å². The molecule has 0 spiro atoms. The van der Waals surface area contributed by atoms with E-state index in [1.165, 1.54) is 0 Å². The zero-order valence-electron chi connectivity index (χ0n) is 33.9. The summed E-state index contributed by atoms with van der Waals surface area (Å²) in [5, 5.41) is 30.5. The number of carbonyl (C=O) groups excluding carboxylic acids is 1. The number of fused-ring (bicyclic) bond motifs is 2. The molecule has 2 fully saturated rings. The number of carbonyl (C=O) groups is 2. The highest BCUT2D eigenvalue weighted by atomic mass is 16.4. The molecular weight excluding hydrogens is 777 g/mol. The molecule has 2 atom stereocenters. The number of pyridine rings is 2. The molecule has 6 aromatic rings. The number of carboxylic acids is 1. The van der Waals surface area contributed by atoms with Gasteiger partial charge in [-0.2, -0.15) is 10.5 Å². The number of rotatable bonds is 8. The maximum Gasteiger partial charge on any atom is 0.303 e. The highest BCUT2D eigenvalue weighted by Crippen LogP contribution is 2.20. The van der Waals surface area contributed by atoms with Crippen LogP contribution in [-0.4, -0.2) is 103 Å². The molecule has 17 heteroatoms. The van der Waals surface area contributed by atoms with Crippen LogP contribution in [0.1, 0.15) is 49.5 Å². The summed E-state index contributed by atoms with van der Waals surface area (Å²) in [6.07, 6.45) is 4.07. The summed E-state index contributed by atoms with van der Waals surface area (Å²) in [4.78, 5) is 75.8. The molecular formula is C44H46N12O5. The first kappa shape index (κ1) is 43.1. The molecule has 0 unspecified atom stereocenters. The van der Waals surface area contributed by atoms with Gasteiger partial charge in [0.05, 0.1) is 39.4 Å². The van der Waals surface area contributed by atoms with Crippen LogP contribution in [0.15, 0.2) is 94.8 Å². The van der Waals surface area contributed by atoms with E-state index in [0.29, 0.717) is 83.1 Å². The normalized spacial score (nSPS) is 16.0. The van der Waals surface area contributed by atoms with E-state index in [2.05, 4.69) is 71.0 Å². The van der Waals surface area contributed by atoms with Gasteiger partial charge >= 0.3 is 5.97 Å². The van der Waals surface area contributed by atoms with Gasteiger partial charge in [0.2, 0.25) is 5.91 Å². The molecule has 0 bridgehead atoms. The minimum Gasteiger partial charge on any atom is -0.481 e. The summed E-state index contributed by atoms with van der Waals surface area (Å²) < 4.78 is 0. The number of para-hydroxylation sites is 2. The Balaban J connectivity index is 0.000000169. The van der Waals surface area contributed by atoms with Crippen LogP contribution in [0.3, 0.4) is 0 Å². The lowest BCUT2D eigenvalue weighted by Gasteiger charge is -2.40. The fourth-order valence-corrected chi connectivity index (χ4v) is 7.07. The lowest BCUT2D eigenvalue weighted by Crippen LogP contribution is -2.54. The Morgan fingerprint density at radius 3 is 1.72 bits per heavy atom. The molecule has 0 aliphatic carbocycles. The summed E-state index contributed by atoms with van der Waals surface area (Å²) in [5.74, 6) is 1.85. The molecule has 2 aliphatic rings. The lowest BCUT2D eigenvalue weighted by atomic mass is 10.1. The summed E-state index contributed by atoms with van der Waals surface area (Å²) >= 11 is 0. The quantitative estimate of drug-likeness (QED) is 0.172. The molecule has 2 saturated heterocycles. The van der Waals surface area contributed by atoms with E-state index in [1.807, 2.05) is 29.2 Å². The molecule has 1 amide bonds. The van der Waals surface area contributed by atoms with Crippen molar-refractivity contribution >= 4 is 45.3 Å². The number of aromatic amines is 2. The first-order valence-electron chi connectivity index (χ1n) is 19.9. The first-order chi connectivity index (χ1) is 29.5. The zero-order chi connectivity index (χ0) is 43.3. The van der Waals surface area contributed by atoms with Crippen LogP contribution >= 0.6 is 0 Å². The second-order valence-corrected chi connectivity index (χ2v) is 14.6. The van der Waals surface area contributed by atoms with Gasteiger partial charge in [0.1, 0.15) is 35.4 Å². The van der Waals surface area contributed by atoms with E-state index in [1.54, 1.807) is 60.9 Å². The van der Waals surface area contributed by atoms with E-state index in [9.17, 15) is 19.2 Å². The molecule has 61 heavy (non-hydrogen) atoms. The topological polar surface area (TPSA) is 241 Å². The number of aliphatic carboxylic acids is 1. The van der Waals surface area contributed by atoms with Crippen molar-refractivity contribution in [3.63, 3.8) is 0 Å². The Labute approximate surface area is 351 Å². The molecule has 17 nitrogen and oxygen atoms in total. The van der Waals surface area contributed by atoms with Crippen LogP contribution in [0.2, 0.25) is 0 Å². The fraction of sp³-hybridized carbons (Fsp3) is 0.318. The SMILES string of the molecule is C[C@@H]1CN(C(=O)CCc2nc3ccccc3c(=O)[nH]2)CCN1c1ccc(C#N)cn1.C[C@@H]1CNCCN1c1ccc(C#N)cn1.O=C(O)CCc1nc2ccccc2c(=O)[nH]1. The third-order valence-electron chi connectivity index (χ3n) is 10.3. The summed E-state index contributed by atoms with van der Waals surface area (Å²) in [6, 6.07) is 26.2. The number of hydrogen-bond donors (Lipinski definition) is 4. The minimum absolute atomic E-state index is 0.0404. The van der Waals surface area contributed by atoms with Gasteiger partial charge in [0.25, 0.3) is 11.1 Å². The molecule has 4 N–H and O–H groups in total. The van der Waals surface area contributed by atoms with Gasteiger partial charge in [-0.3, -0.25) is 19.2 Å². The van der Waals surface area contributed by atoms with Crippen LogP contribution in [0, 0.1) is 22.7 Å². The standard InChI is InChI=1S/C22H22N6O2.C11H14N4.C11H10N2O3/c1-15-14-27(10-11-28(15)20-8-6-16(12-23)13-24-20)21(29)9-7-19-25-18-5-3-2-4-17(18)22(30)26-19;1-9-7-13-4-5-15(9)11-3-2-10(6-12)8-14-11;14-10(15)6-5-9-12-8-4-2-1-3-7(8)11(16)13-9/h2-6,8,13,15H,7,9-11,14H2,1H3,(H,25,26,30);2-3,8-9,13H,4-5,7H2,1H3;1-4H,5-6H2,(H,14,15)(H,12,13,16)/t15-;9-;/m11./s1. The number of piperazine rings is 2. The number of carboxylic acid groups (broad SMARTS) is 1. The number of anilines is 2. The van der Waals surface area contributed by atoms with Crippen LogP contribution in [-0.2, 0) is 22.4 Å². The van der Waals surface area contributed by atoms with Gasteiger partial charge in [-0.05, 0) is 62.4 Å². The van der Waals surface area contributed by atoms with Crippen LogP contribution in [0.4, 0.5) is 11.6 Å². The summed E-state index contributed by atoms with van der Waals surface area (Å²) in [5.41, 5.74) is 1.96. The van der Waals surface area contributed by atoms with E-state index < -0.39 is 5.97 Å². The van der Waals surface area contributed by atoms with E-state index in [0.717, 1.165) is 31.3 Å². The van der Waals surface area contributed by atoms with Gasteiger partial charge in [0.15, 0.2) is 0 Å². The predicted molar refractivity (Wildman–Crippen MR) is 230 cm³/mol. The van der Waals surface area contributed by atoms with Crippen molar-refractivity contribution in [3.05, 3.63) is 129 Å². The average Bonchev–Trinajstić information content (AvgIpc) is 3.28. The summed E-state index contributed by atoms with van der Waals surface area (Å²) in [6.45, 7) is 9.06. The van der Waals surface area contributed by atoms with Gasteiger partial charge < -0.3 is 35.1 Å². The van der Waals surface area contributed by atoms with Crippen molar-refractivity contribution in [2.45, 2.75) is 51.6 Å². The Kier molecular flexibility index (Phi) is 14.5. The van der Waals surface area contributed by atoms with Gasteiger partial charge in [0, 0.05) is 83.0 Å². The number of aryl methyl sites for hydroxylation is 2. The smallest absolute Gasteiger partial charge is 0.303 e. The van der Waals surface area contributed by atoms with Gasteiger partial charge in [-0.1, -0.05) is 24.3 Å². The number of aromatic nitrogens is 6. The second-order valence-electron chi connectivity index (χ2n) is 14.6. The maximum absolute atomic E-state index is 12.7. The number of hydrogen-bond acceptors (Lipinski definition) is 13. The molecule has 4 aromatic heterocycles. The Morgan fingerprint density at radius 2 is 1.25 bits per heavy atom. The Morgan fingerprint density at radius 1 is 0.721 bits per heavy atom. The number of benzene rings is 2. The molecule has 2 aromatic carbocycles. The fourth-order valence-electron chi connectivity index (χ4n) is 7.07. The molecule has 0 radical (unpaired) electrons. The number of amides is 1. The molecule has 312 valence electrons. The number of nitriles is 2. The lowest BCUT2D eigenvalue weighted by molar-refractivity contribution is -0.137. The molecule has 0 saturated carbocycles. The highest BCUT2D eigenvalue weighted by Gasteiger charge is 2.27. The third kappa shape index (κ3) is 11.4. The van der Waals surface area contributed by atoms with E-state index >= 15 is 0 Å². The number of nitrogens with one attached hydrogen (secondary N) is 3. The van der Waals surface area contributed by atoms with Crippen molar-refractivity contribution in [2.75, 3.05) is 49.1 Å². The third-order valence-corrected chi connectivity index (χ3v) is 10.3. The monoisotopic (exact) mass is 822 g/mol. The molecule has 8 rings (SSSR count). The minimum atomic E-state index is -0.907.